The Morgan fingerprint density at radius 3 is 2.33 bits per heavy atom. The smallest absolute Gasteiger partial charge is 0.408 e. The molecule has 2 amide bonds. The standard InChI is InChI=1S/C32H47N5O7S/c1-19-20(2)27(21(3)24-15-16-32(7,8)43-26(19)24)45(41,42)37-29(33)34-17-9-10-25(36-30(40)44-31(4,5)6)28(39)35-23-13-11-22(18-38)12-14-23/h11-14,25,38H,9-10,15-18H2,1-8H3,(H,35,39)(H,36,40)(H3,33,34,37)/t25-/m0/s1. The van der Waals surface area contributed by atoms with Crippen LogP contribution in [0.25, 0.3) is 0 Å². The lowest BCUT2D eigenvalue weighted by Gasteiger charge is -2.35. The van der Waals surface area contributed by atoms with Gasteiger partial charge in [-0.2, -0.15) is 0 Å². The van der Waals surface area contributed by atoms with E-state index in [0.717, 1.165) is 23.3 Å². The molecule has 248 valence electrons. The maximum Gasteiger partial charge on any atom is 0.408 e. The molecule has 0 fully saturated rings. The first-order valence-corrected chi connectivity index (χ1v) is 16.5. The van der Waals surface area contributed by atoms with Crippen molar-refractivity contribution >= 4 is 33.7 Å². The molecule has 0 radical (unpaired) electrons. The SMILES string of the molecule is Cc1c(C)c(S(=O)(=O)NC(=N)NCCC[C@H](NC(=O)OC(C)(C)C)C(=O)Nc2ccc(CO)cc2)c(C)c2c1OC(C)(C)CC2. The third-order valence-electron chi connectivity index (χ3n) is 7.55. The molecule has 1 heterocycles. The van der Waals surface area contributed by atoms with Gasteiger partial charge in [0, 0.05) is 12.2 Å². The van der Waals surface area contributed by atoms with Crippen molar-refractivity contribution in [1.29, 1.82) is 5.41 Å². The van der Waals surface area contributed by atoms with Crippen LogP contribution in [0.2, 0.25) is 0 Å². The number of guanidine groups is 1. The Labute approximate surface area is 266 Å². The van der Waals surface area contributed by atoms with E-state index in [0.29, 0.717) is 35.2 Å². The number of rotatable bonds is 10. The molecule has 0 aliphatic carbocycles. The van der Waals surface area contributed by atoms with Gasteiger partial charge >= 0.3 is 6.09 Å². The van der Waals surface area contributed by atoms with Crippen LogP contribution in [0.4, 0.5) is 10.5 Å². The number of nitrogens with one attached hydrogen (secondary N) is 5. The number of aliphatic hydroxyl groups is 1. The first-order valence-electron chi connectivity index (χ1n) is 15.0. The molecular weight excluding hydrogens is 598 g/mol. The van der Waals surface area contributed by atoms with Crippen LogP contribution in [0, 0.1) is 26.2 Å². The average Bonchev–Trinajstić information content (AvgIpc) is 2.92. The fourth-order valence-electron chi connectivity index (χ4n) is 5.13. The summed E-state index contributed by atoms with van der Waals surface area (Å²) in [5.74, 6) is -0.157. The summed E-state index contributed by atoms with van der Waals surface area (Å²) in [6, 6.07) is 5.66. The lowest BCUT2D eigenvalue weighted by atomic mass is 9.88. The van der Waals surface area contributed by atoms with Gasteiger partial charge in [-0.1, -0.05) is 12.1 Å². The van der Waals surface area contributed by atoms with Crippen molar-refractivity contribution in [2.45, 2.75) is 110 Å². The Morgan fingerprint density at radius 2 is 1.73 bits per heavy atom. The first-order chi connectivity index (χ1) is 20.8. The molecule has 1 atom stereocenters. The van der Waals surface area contributed by atoms with Crippen LogP contribution in [0.15, 0.2) is 29.2 Å². The van der Waals surface area contributed by atoms with E-state index in [1.807, 2.05) is 20.8 Å². The predicted molar refractivity (Wildman–Crippen MR) is 173 cm³/mol. The lowest BCUT2D eigenvalue weighted by Crippen LogP contribution is -2.46. The monoisotopic (exact) mass is 645 g/mol. The zero-order chi connectivity index (χ0) is 33.7. The van der Waals surface area contributed by atoms with Gasteiger partial charge in [0.1, 0.15) is 23.0 Å². The van der Waals surface area contributed by atoms with E-state index in [-0.39, 0.29) is 30.1 Å². The summed E-state index contributed by atoms with van der Waals surface area (Å²) < 4.78 is 40.8. The minimum atomic E-state index is -4.09. The molecule has 0 saturated heterocycles. The summed E-state index contributed by atoms with van der Waals surface area (Å²) in [6.07, 6.45) is 1.17. The third-order valence-corrected chi connectivity index (χ3v) is 9.18. The van der Waals surface area contributed by atoms with Gasteiger partial charge in [-0.05, 0) is 121 Å². The zero-order valence-corrected chi connectivity index (χ0v) is 28.3. The lowest BCUT2D eigenvalue weighted by molar-refractivity contribution is -0.118. The molecule has 45 heavy (non-hydrogen) atoms. The van der Waals surface area contributed by atoms with E-state index in [1.54, 1.807) is 58.9 Å². The van der Waals surface area contributed by atoms with Crippen molar-refractivity contribution in [3.63, 3.8) is 0 Å². The Balaban J connectivity index is 1.65. The predicted octanol–water partition coefficient (Wildman–Crippen LogP) is 4.32. The molecule has 6 N–H and O–H groups in total. The second-order valence-corrected chi connectivity index (χ2v) is 14.6. The van der Waals surface area contributed by atoms with Gasteiger partial charge in [0.2, 0.25) is 11.9 Å². The minimum absolute atomic E-state index is 0.130. The normalized spacial score (nSPS) is 14.8. The highest BCUT2D eigenvalue weighted by molar-refractivity contribution is 7.90. The zero-order valence-electron chi connectivity index (χ0n) is 27.4. The first kappa shape index (κ1) is 35.6. The second kappa shape index (κ2) is 14.1. The number of fused-ring (bicyclic) bond motifs is 1. The van der Waals surface area contributed by atoms with Crippen LogP contribution < -0.4 is 25.4 Å². The molecule has 0 bridgehead atoms. The molecule has 0 saturated carbocycles. The molecule has 12 nitrogen and oxygen atoms in total. The molecule has 2 aromatic carbocycles. The van der Waals surface area contributed by atoms with Crippen molar-refractivity contribution in [1.82, 2.24) is 15.4 Å². The van der Waals surface area contributed by atoms with Crippen molar-refractivity contribution in [2.24, 2.45) is 0 Å². The topological polar surface area (TPSA) is 179 Å². The molecule has 0 spiro atoms. The number of aliphatic hydroxyl groups excluding tert-OH is 1. The van der Waals surface area contributed by atoms with Crippen LogP contribution in [0.5, 0.6) is 5.75 Å². The second-order valence-electron chi connectivity index (χ2n) is 13.0. The Morgan fingerprint density at radius 1 is 1.09 bits per heavy atom. The van der Waals surface area contributed by atoms with Gasteiger partial charge < -0.3 is 30.5 Å². The molecule has 2 aromatic rings. The van der Waals surface area contributed by atoms with Crippen LogP contribution in [0.3, 0.4) is 0 Å². The van der Waals surface area contributed by atoms with Gasteiger partial charge in [0.05, 0.1) is 11.5 Å². The Hall–Kier alpha value is -3.84. The molecule has 0 unspecified atom stereocenters. The molecular formula is C32H47N5O7S. The molecule has 1 aliphatic heterocycles. The number of alkyl carbamates (subject to hydrolysis) is 1. The van der Waals surface area contributed by atoms with E-state index in [9.17, 15) is 23.1 Å². The highest BCUT2D eigenvalue weighted by Gasteiger charge is 2.34. The Kier molecular flexibility index (Phi) is 11.1. The highest BCUT2D eigenvalue weighted by atomic mass is 32.2. The van der Waals surface area contributed by atoms with Gasteiger partial charge in [0.15, 0.2) is 0 Å². The summed E-state index contributed by atoms with van der Waals surface area (Å²) in [4.78, 5) is 25.7. The number of carbonyl (C=O) groups excluding carboxylic acids is 2. The Bertz CT molecular complexity index is 1530. The average molecular weight is 646 g/mol. The van der Waals surface area contributed by atoms with Crippen molar-refractivity contribution in [3.8, 4) is 5.75 Å². The van der Waals surface area contributed by atoms with Crippen LogP contribution >= 0.6 is 0 Å². The number of sulfonamides is 1. The highest BCUT2D eigenvalue weighted by Crippen LogP contribution is 2.42. The summed E-state index contributed by atoms with van der Waals surface area (Å²) in [5, 5.41) is 25.6. The van der Waals surface area contributed by atoms with Gasteiger partial charge in [0.25, 0.3) is 10.0 Å². The van der Waals surface area contributed by atoms with Crippen LogP contribution in [0.1, 0.15) is 81.7 Å². The van der Waals surface area contributed by atoms with Crippen molar-refractivity contribution < 1.29 is 32.6 Å². The summed E-state index contributed by atoms with van der Waals surface area (Å²) >= 11 is 0. The number of carbonyl (C=O) groups is 2. The van der Waals surface area contributed by atoms with Crippen LogP contribution in [-0.4, -0.2) is 55.3 Å². The van der Waals surface area contributed by atoms with Crippen molar-refractivity contribution in [2.75, 3.05) is 11.9 Å². The maximum absolute atomic E-state index is 13.5. The molecule has 1 aliphatic rings. The van der Waals surface area contributed by atoms with E-state index in [1.165, 1.54) is 0 Å². The number of anilines is 1. The minimum Gasteiger partial charge on any atom is -0.487 e. The number of hydrogen-bond donors (Lipinski definition) is 6. The summed E-state index contributed by atoms with van der Waals surface area (Å²) in [5.41, 5.74) is 2.87. The molecule has 3 rings (SSSR count). The van der Waals surface area contributed by atoms with Crippen molar-refractivity contribution in [3.05, 3.63) is 52.1 Å². The van der Waals surface area contributed by atoms with Crippen LogP contribution in [-0.2, 0) is 32.6 Å². The number of hydrogen-bond acceptors (Lipinski definition) is 8. The number of ether oxygens (including phenoxy) is 2. The third kappa shape index (κ3) is 9.57. The van der Waals surface area contributed by atoms with E-state index in [4.69, 9.17) is 14.9 Å². The van der Waals surface area contributed by atoms with Gasteiger partial charge in [-0.3, -0.25) is 10.2 Å². The van der Waals surface area contributed by atoms with E-state index >= 15 is 0 Å². The molecule has 13 heteroatoms. The largest absolute Gasteiger partial charge is 0.487 e. The number of amides is 2. The summed E-state index contributed by atoms with van der Waals surface area (Å²) in [7, 11) is -4.09. The fraction of sp³-hybridized carbons (Fsp3) is 0.531. The molecule has 0 aromatic heterocycles. The quantitative estimate of drug-likeness (QED) is 0.126. The number of benzene rings is 2. The van der Waals surface area contributed by atoms with Gasteiger partial charge in [-0.25, -0.2) is 17.9 Å². The summed E-state index contributed by atoms with van der Waals surface area (Å²) in [6.45, 7) is 14.5. The van der Waals surface area contributed by atoms with Gasteiger partial charge in [-0.15, -0.1) is 0 Å². The van der Waals surface area contributed by atoms with E-state index < -0.39 is 39.6 Å². The maximum atomic E-state index is 13.5. The fourth-order valence-corrected chi connectivity index (χ4v) is 6.66. The van der Waals surface area contributed by atoms with E-state index in [2.05, 4.69) is 20.7 Å².